The van der Waals surface area contributed by atoms with Gasteiger partial charge in [0.2, 0.25) is 0 Å². The number of hydrogen-bond acceptors (Lipinski definition) is 6. The molecule has 10 heteroatoms. The number of nitrogens with zero attached hydrogens (tertiary/aromatic N) is 4. The Labute approximate surface area is 129 Å². The van der Waals surface area contributed by atoms with Crippen LogP contribution in [0.15, 0.2) is 12.3 Å². The summed E-state index contributed by atoms with van der Waals surface area (Å²) in [5.41, 5.74) is 0.232. The molecule has 23 heavy (non-hydrogen) atoms. The second-order valence-electron chi connectivity index (χ2n) is 4.76. The molecule has 0 aliphatic heterocycles. The zero-order chi connectivity index (χ0) is 17.1. The molecule has 2 aromatic rings. The Balaban J connectivity index is 2.49. The van der Waals surface area contributed by atoms with E-state index in [1.54, 1.807) is 6.92 Å². The number of rotatable bonds is 6. The Morgan fingerprint density at radius 1 is 1.52 bits per heavy atom. The number of halogens is 2. The first-order valence-corrected chi connectivity index (χ1v) is 6.59. The molecule has 0 amide bonds. The third-order valence-electron chi connectivity index (χ3n) is 3.09. The SMILES string of the molecule is Cc1ncc(F)cc1-n1nc(OC[C@H](F)CO)c([N+](=O)[O-])c1C. The van der Waals surface area contributed by atoms with E-state index in [2.05, 4.69) is 10.1 Å². The first-order chi connectivity index (χ1) is 10.8. The lowest BCUT2D eigenvalue weighted by Crippen LogP contribution is -2.17. The minimum atomic E-state index is -1.70. The fourth-order valence-electron chi connectivity index (χ4n) is 1.94. The molecule has 0 unspecified atom stereocenters. The summed E-state index contributed by atoms with van der Waals surface area (Å²) in [5.74, 6) is -1.04. The molecule has 0 spiro atoms. The summed E-state index contributed by atoms with van der Waals surface area (Å²) >= 11 is 0. The number of ether oxygens (including phenoxy) is 1. The molecular formula is C13H14F2N4O4. The Bertz CT molecular complexity index is 735. The Hall–Kier alpha value is -2.62. The number of pyridine rings is 1. The molecular weight excluding hydrogens is 314 g/mol. The molecule has 1 atom stereocenters. The smallest absolute Gasteiger partial charge is 0.353 e. The van der Waals surface area contributed by atoms with Crippen molar-refractivity contribution in [2.24, 2.45) is 0 Å². The summed E-state index contributed by atoms with van der Waals surface area (Å²) < 4.78 is 32.5. The highest BCUT2D eigenvalue weighted by molar-refractivity contribution is 5.50. The lowest BCUT2D eigenvalue weighted by atomic mass is 10.3. The number of aliphatic hydroxyl groups is 1. The first kappa shape index (κ1) is 16.7. The van der Waals surface area contributed by atoms with E-state index in [4.69, 9.17) is 9.84 Å². The van der Waals surface area contributed by atoms with Crippen molar-refractivity contribution in [2.45, 2.75) is 20.0 Å². The first-order valence-electron chi connectivity index (χ1n) is 6.59. The van der Waals surface area contributed by atoms with E-state index in [0.29, 0.717) is 5.69 Å². The van der Waals surface area contributed by atoms with Crippen LogP contribution in [0.1, 0.15) is 11.4 Å². The summed E-state index contributed by atoms with van der Waals surface area (Å²) in [6.45, 7) is 1.63. The van der Waals surface area contributed by atoms with Crippen LogP contribution in [0.3, 0.4) is 0 Å². The van der Waals surface area contributed by atoms with Crippen molar-refractivity contribution in [3.05, 3.63) is 39.6 Å². The van der Waals surface area contributed by atoms with Gasteiger partial charge in [-0.05, 0) is 13.8 Å². The maximum Gasteiger partial charge on any atom is 0.353 e. The van der Waals surface area contributed by atoms with Crippen LogP contribution in [0.25, 0.3) is 5.69 Å². The van der Waals surface area contributed by atoms with E-state index in [1.165, 1.54) is 6.92 Å². The Morgan fingerprint density at radius 3 is 2.83 bits per heavy atom. The number of hydrogen-bond donors (Lipinski definition) is 1. The maximum absolute atomic E-state index is 13.4. The van der Waals surface area contributed by atoms with Crippen molar-refractivity contribution in [1.29, 1.82) is 0 Å². The van der Waals surface area contributed by atoms with E-state index < -0.39 is 41.7 Å². The number of aryl methyl sites for hydroxylation is 1. The van der Waals surface area contributed by atoms with Crippen molar-refractivity contribution in [2.75, 3.05) is 13.2 Å². The topological polar surface area (TPSA) is 103 Å². The van der Waals surface area contributed by atoms with E-state index in [1.807, 2.05) is 0 Å². The predicted octanol–water partition coefficient (Wildman–Crippen LogP) is 1.64. The summed E-state index contributed by atoms with van der Waals surface area (Å²) in [4.78, 5) is 14.3. The highest BCUT2D eigenvalue weighted by atomic mass is 19.1. The molecule has 0 saturated carbocycles. The molecule has 0 saturated heterocycles. The van der Waals surface area contributed by atoms with Gasteiger partial charge in [0.15, 0.2) is 6.17 Å². The quantitative estimate of drug-likeness (QED) is 0.639. The Morgan fingerprint density at radius 2 is 2.22 bits per heavy atom. The van der Waals surface area contributed by atoms with Gasteiger partial charge in [-0.15, -0.1) is 5.10 Å². The fraction of sp³-hybridized carbons (Fsp3) is 0.385. The molecule has 0 bridgehead atoms. The average molecular weight is 328 g/mol. The van der Waals surface area contributed by atoms with E-state index in [0.717, 1.165) is 16.9 Å². The molecule has 0 radical (unpaired) electrons. The minimum absolute atomic E-state index is 0.0832. The van der Waals surface area contributed by atoms with E-state index in [-0.39, 0.29) is 11.4 Å². The van der Waals surface area contributed by atoms with Crippen molar-refractivity contribution in [3.8, 4) is 11.6 Å². The number of aromatic nitrogens is 3. The molecule has 0 aromatic carbocycles. The lowest BCUT2D eigenvalue weighted by Gasteiger charge is -2.06. The van der Waals surface area contributed by atoms with Crippen LogP contribution in [0.4, 0.5) is 14.5 Å². The fourth-order valence-corrected chi connectivity index (χ4v) is 1.94. The summed E-state index contributed by atoms with van der Waals surface area (Å²) in [6, 6.07) is 1.13. The minimum Gasteiger partial charge on any atom is -0.469 e. The van der Waals surface area contributed by atoms with Crippen LogP contribution >= 0.6 is 0 Å². The average Bonchev–Trinajstić information content (AvgIpc) is 2.83. The van der Waals surface area contributed by atoms with Crippen LogP contribution in [-0.4, -0.2) is 44.2 Å². The Kier molecular flexibility index (Phi) is 4.84. The summed E-state index contributed by atoms with van der Waals surface area (Å²) in [5, 5.41) is 23.7. The third kappa shape index (κ3) is 3.42. The molecule has 8 nitrogen and oxygen atoms in total. The van der Waals surface area contributed by atoms with Crippen LogP contribution in [0.2, 0.25) is 0 Å². The molecule has 1 N–H and O–H groups in total. The van der Waals surface area contributed by atoms with Gasteiger partial charge in [-0.1, -0.05) is 0 Å². The monoisotopic (exact) mass is 328 g/mol. The van der Waals surface area contributed by atoms with Gasteiger partial charge in [0.05, 0.1) is 29.1 Å². The zero-order valence-electron chi connectivity index (χ0n) is 12.4. The number of alkyl halides is 1. The van der Waals surface area contributed by atoms with Gasteiger partial charge >= 0.3 is 11.6 Å². The van der Waals surface area contributed by atoms with Crippen molar-refractivity contribution in [1.82, 2.24) is 14.8 Å². The van der Waals surface area contributed by atoms with Crippen LogP contribution < -0.4 is 4.74 Å². The largest absolute Gasteiger partial charge is 0.469 e. The van der Waals surface area contributed by atoms with E-state index in [9.17, 15) is 18.9 Å². The van der Waals surface area contributed by atoms with Gasteiger partial charge in [0.1, 0.15) is 18.1 Å². The standard InChI is InChI=1S/C13H14F2N4O4/c1-7-11(3-9(14)4-16-7)18-8(2)12(19(21)22)13(17-18)23-6-10(15)5-20/h3-4,10,20H,5-6H2,1-2H3/t10-/m1/s1. The second kappa shape index (κ2) is 6.65. The zero-order valence-corrected chi connectivity index (χ0v) is 12.4. The molecule has 124 valence electrons. The number of aliphatic hydroxyl groups excluding tert-OH is 1. The van der Waals surface area contributed by atoms with Gasteiger partial charge in [-0.25, -0.2) is 13.5 Å². The second-order valence-corrected chi connectivity index (χ2v) is 4.76. The van der Waals surface area contributed by atoms with Crippen LogP contribution in [0, 0.1) is 29.8 Å². The molecule has 2 heterocycles. The highest BCUT2D eigenvalue weighted by Gasteiger charge is 2.28. The molecule has 0 aliphatic carbocycles. The molecule has 2 aromatic heterocycles. The molecule has 0 aliphatic rings. The number of nitro groups is 1. The summed E-state index contributed by atoms with van der Waals surface area (Å²) in [7, 11) is 0. The van der Waals surface area contributed by atoms with Gasteiger partial charge in [0.25, 0.3) is 0 Å². The lowest BCUT2D eigenvalue weighted by molar-refractivity contribution is -0.386. The van der Waals surface area contributed by atoms with E-state index >= 15 is 0 Å². The van der Waals surface area contributed by atoms with Gasteiger partial charge < -0.3 is 9.84 Å². The normalized spacial score (nSPS) is 12.2. The highest BCUT2D eigenvalue weighted by Crippen LogP contribution is 2.32. The summed E-state index contributed by atoms with van der Waals surface area (Å²) in [6.07, 6.45) is -0.684. The van der Waals surface area contributed by atoms with Crippen LogP contribution in [0.5, 0.6) is 5.88 Å². The van der Waals surface area contributed by atoms with Gasteiger partial charge in [-0.3, -0.25) is 15.1 Å². The van der Waals surface area contributed by atoms with Crippen molar-refractivity contribution >= 4 is 5.69 Å². The predicted molar refractivity (Wildman–Crippen MR) is 74.9 cm³/mol. The molecule has 0 fully saturated rings. The van der Waals surface area contributed by atoms with Gasteiger partial charge in [-0.2, -0.15) is 0 Å². The van der Waals surface area contributed by atoms with Crippen molar-refractivity contribution in [3.63, 3.8) is 0 Å². The van der Waals surface area contributed by atoms with Gasteiger partial charge in [0, 0.05) is 6.07 Å². The third-order valence-corrected chi connectivity index (χ3v) is 3.09. The van der Waals surface area contributed by atoms with Crippen molar-refractivity contribution < 1.29 is 23.5 Å². The van der Waals surface area contributed by atoms with Crippen LogP contribution in [-0.2, 0) is 0 Å². The molecule has 2 rings (SSSR count). The maximum atomic E-state index is 13.4.